The van der Waals surface area contributed by atoms with Crippen LogP contribution in [-0.4, -0.2) is 15.8 Å². The predicted octanol–water partition coefficient (Wildman–Crippen LogP) is 3.61. The summed E-state index contributed by atoms with van der Waals surface area (Å²) >= 11 is 0. The molecule has 116 valence electrons. The average molecular weight is 296 g/mol. The molecule has 2 N–H and O–H groups in total. The van der Waals surface area contributed by atoms with E-state index in [4.69, 9.17) is 6.42 Å². The fraction of sp³-hybridized carbons (Fsp3) is 0.600. The summed E-state index contributed by atoms with van der Waals surface area (Å²) < 4.78 is 0. The van der Waals surface area contributed by atoms with Gasteiger partial charge in [-0.25, -0.2) is 0 Å². The number of aromatic hydroxyl groups is 1. The van der Waals surface area contributed by atoms with Gasteiger partial charge in [-0.3, -0.25) is 0 Å². The van der Waals surface area contributed by atoms with E-state index in [0.717, 1.165) is 38.5 Å². The highest BCUT2D eigenvalue weighted by atomic mass is 16.3. The molecular weight excluding hydrogens is 272 g/mol. The van der Waals surface area contributed by atoms with Crippen LogP contribution in [0.2, 0.25) is 0 Å². The van der Waals surface area contributed by atoms with Crippen molar-refractivity contribution in [3.8, 4) is 18.1 Å². The van der Waals surface area contributed by atoms with E-state index < -0.39 is 5.60 Å². The Morgan fingerprint density at radius 3 is 2.82 bits per heavy atom. The number of fused-ring (bicyclic) bond motifs is 5. The molecule has 0 saturated heterocycles. The van der Waals surface area contributed by atoms with Crippen LogP contribution in [0.4, 0.5) is 0 Å². The fourth-order valence-electron chi connectivity index (χ4n) is 5.82. The zero-order valence-corrected chi connectivity index (χ0v) is 13.2. The first-order valence-electron chi connectivity index (χ1n) is 8.50. The molecule has 22 heavy (non-hydrogen) atoms. The van der Waals surface area contributed by atoms with Crippen LogP contribution in [0.15, 0.2) is 18.2 Å². The van der Waals surface area contributed by atoms with Crippen LogP contribution in [0.1, 0.15) is 56.1 Å². The summed E-state index contributed by atoms with van der Waals surface area (Å²) in [5.74, 6) is 4.82. The number of benzene rings is 1. The smallest absolute Gasteiger partial charge is 0.130 e. The lowest BCUT2D eigenvalue weighted by molar-refractivity contribution is -0.0646. The molecule has 0 radical (unpaired) electrons. The zero-order valence-electron chi connectivity index (χ0n) is 13.2. The summed E-state index contributed by atoms with van der Waals surface area (Å²) in [6.07, 6.45) is 11.8. The molecule has 2 nitrogen and oxygen atoms in total. The van der Waals surface area contributed by atoms with Crippen molar-refractivity contribution in [2.24, 2.45) is 17.3 Å². The van der Waals surface area contributed by atoms with E-state index in [0.29, 0.717) is 23.5 Å². The number of terminal acetylenes is 1. The second-order valence-corrected chi connectivity index (χ2v) is 7.80. The van der Waals surface area contributed by atoms with Gasteiger partial charge in [-0.15, -0.1) is 6.42 Å². The molecule has 0 amide bonds. The van der Waals surface area contributed by atoms with E-state index in [9.17, 15) is 10.2 Å². The lowest BCUT2D eigenvalue weighted by atomic mass is 9.53. The number of phenolic OH excluding ortho intramolecular Hbond substituents is 1. The third-order valence-corrected chi connectivity index (χ3v) is 7.10. The molecule has 0 aromatic heterocycles. The highest BCUT2D eigenvalue weighted by Gasteiger charge is 2.61. The van der Waals surface area contributed by atoms with Gasteiger partial charge in [0.2, 0.25) is 0 Å². The van der Waals surface area contributed by atoms with Crippen molar-refractivity contribution < 1.29 is 10.2 Å². The Hall–Kier alpha value is -1.46. The van der Waals surface area contributed by atoms with Gasteiger partial charge in [0.15, 0.2) is 0 Å². The molecule has 0 heterocycles. The first-order chi connectivity index (χ1) is 10.5. The van der Waals surface area contributed by atoms with Crippen molar-refractivity contribution >= 4 is 0 Å². The van der Waals surface area contributed by atoms with Crippen molar-refractivity contribution in [2.45, 2.75) is 57.0 Å². The monoisotopic (exact) mass is 296 g/mol. The van der Waals surface area contributed by atoms with Crippen LogP contribution in [0, 0.1) is 29.6 Å². The van der Waals surface area contributed by atoms with Crippen LogP contribution >= 0.6 is 0 Å². The van der Waals surface area contributed by atoms with Crippen LogP contribution < -0.4 is 0 Å². The van der Waals surface area contributed by atoms with Gasteiger partial charge in [0.1, 0.15) is 11.4 Å². The number of hydrogen-bond acceptors (Lipinski definition) is 2. The molecule has 2 fully saturated rings. The molecule has 1 aromatic rings. The van der Waals surface area contributed by atoms with E-state index in [1.165, 1.54) is 11.1 Å². The lowest BCUT2D eigenvalue weighted by Gasteiger charge is -2.52. The first-order valence-corrected chi connectivity index (χ1v) is 8.50. The van der Waals surface area contributed by atoms with Crippen molar-refractivity contribution in [3.63, 3.8) is 0 Å². The topological polar surface area (TPSA) is 40.5 Å². The normalized spacial score (nSPS) is 42.9. The zero-order chi connectivity index (χ0) is 15.5. The molecule has 5 atom stereocenters. The predicted molar refractivity (Wildman–Crippen MR) is 86.5 cm³/mol. The van der Waals surface area contributed by atoms with Crippen molar-refractivity contribution in [1.82, 2.24) is 0 Å². The lowest BCUT2D eigenvalue weighted by Crippen LogP contribution is -2.50. The summed E-state index contributed by atoms with van der Waals surface area (Å²) in [6.45, 7) is 2.22. The maximum atomic E-state index is 10.9. The molecule has 4 rings (SSSR count). The third-order valence-electron chi connectivity index (χ3n) is 7.10. The molecule has 3 aliphatic carbocycles. The van der Waals surface area contributed by atoms with Crippen LogP contribution in [0.3, 0.4) is 0 Å². The second kappa shape index (κ2) is 4.52. The number of aliphatic hydroxyl groups is 1. The first kappa shape index (κ1) is 14.2. The van der Waals surface area contributed by atoms with Crippen LogP contribution in [0.25, 0.3) is 0 Å². The number of aryl methyl sites for hydroxylation is 1. The Labute approximate surface area is 132 Å². The Morgan fingerprint density at radius 2 is 2.05 bits per heavy atom. The molecule has 0 spiro atoms. The summed E-state index contributed by atoms with van der Waals surface area (Å²) in [5, 5.41) is 20.6. The minimum absolute atomic E-state index is 0.128. The third kappa shape index (κ3) is 1.66. The largest absolute Gasteiger partial charge is 0.508 e. The number of rotatable bonds is 0. The fourth-order valence-corrected chi connectivity index (χ4v) is 5.82. The van der Waals surface area contributed by atoms with E-state index in [-0.39, 0.29) is 5.41 Å². The van der Waals surface area contributed by atoms with Gasteiger partial charge in [0, 0.05) is 5.41 Å². The van der Waals surface area contributed by atoms with Gasteiger partial charge in [0.05, 0.1) is 0 Å². The van der Waals surface area contributed by atoms with Crippen LogP contribution in [-0.2, 0) is 6.42 Å². The van der Waals surface area contributed by atoms with Gasteiger partial charge < -0.3 is 10.2 Å². The van der Waals surface area contributed by atoms with E-state index in [1.807, 2.05) is 12.1 Å². The van der Waals surface area contributed by atoms with E-state index >= 15 is 0 Å². The van der Waals surface area contributed by atoms with Gasteiger partial charge in [-0.2, -0.15) is 0 Å². The minimum Gasteiger partial charge on any atom is -0.508 e. The second-order valence-electron chi connectivity index (χ2n) is 7.80. The molecule has 0 unspecified atom stereocenters. The minimum atomic E-state index is -0.919. The van der Waals surface area contributed by atoms with E-state index in [2.05, 4.69) is 18.9 Å². The standard InChI is InChI=1S/C20H24O2/c1-3-20(22)11-9-18-17-6-4-13-12-14(21)5-7-15(13)16(17)8-10-19(18,20)2/h1,5,7,12,16-18,21-22H,4,6,8-11H2,2H3/t16-,17-,18-,19+,20+/m1/s1. The van der Waals surface area contributed by atoms with Crippen LogP contribution in [0.5, 0.6) is 5.75 Å². The SMILES string of the molecule is C#C[C@]1(O)CC[C@@H]2[C@@H]3CCc4cc(O)ccc4[C@H]3CC[C@@]21C. The maximum absolute atomic E-state index is 10.9. The number of hydrogen-bond donors (Lipinski definition) is 2. The Kier molecular flexibility index (Phi) is 2.91. The Balaban J connectivity index is 1.72. The van der Waals surface area contributed by atoms with Crippen molar-refractivity contribution in [3.05, 3.63) is 29.3 Å². The molecule has 1 aromatic carbocycles. The average Bonchev–Trinajstić information content (AvgIpc) is 2.79. The quantitative estimate of drug-likeness (QED) is 0.718. The maximum Gasteiger partial charge on any atom is 0.130 e. The molecule has 0 bridgehead atoms. The van der Waals surface area contributed by atoms with Gasteiger partial charge in [-0.05, 0) is 79.5 Å². The molecule has 3 aliphatic rings. The van der Waals surface area contributed by atoms with Gasteiger partial charge in [0.25, 0.3) is 0 Å². The summed E-state index contributed by atoms with van der Waals surface area (Å²) in [4.78, 5) is 0. The molecule has 2 heteroatoms. The van der Waals surface area contributed by atoms with Gasteiger partial charge >= 0.3 is 0 Å². The summed E-state index contributed by atoms with van der Waals surface area (Å²) in [6, 6.07) is 5.87. The molecule has 2 saturated carbocycles. The highest BCUT2D eigenvalue weighted by molar-refractivity contribution is 5.40. The number of phenols is 1. The van der Waals surface area contributed by atoms with Crippen molar-refractivity contribution in [1.29, 1.82) is 0 Å². The Bertz CT molecular complexity index is 658. The molecule has 0 aliphatic heterocycles. The summed E-state index contributed by atoms with van der Waals surface area (Å²) in [7, 11) is 0. The van der Waals surface area contributed by atoms with Gasteiger partial charge in [-0.1, -0.05) is 18.9 Å². The molecular formula is C20H24O2. The highest BCUT2D eigenvalue weighted by Crippen LogP contribution is 2.64. The van der Waals surface area contributed by atoms with E-state index in [1.54, 1.807) is 0 Å². The summed E-state index contributed by atoms with van der Waals surface area (Å²) in [5.41, 5.74) is 1.69. The Morgan fingerprint density at radius 1 is 1.23 bits per heavy atom. The van der Waals surface area contributed by atoms with Crippen molar-refractivity contribution in [2.75, 3.05) is 0 Å².